The van der Waals surface area contributed by atoms with Crippen molar-refractivity contribution in [1.82, 2.24) is 24.7 Å². The molecule has 3 aromatic heterocycles. The standard InChI is InChI=1S/C21H23N5O2/c1-14(2)28-9-7-19(27)17-10-16-6-8-26(21(16)22-12-17)18-5-3-4-15(11-18)20-23-13-24-25-20/h3-6,8,10-14,19,27H,7,9H2,1-2H3,(H,23,24,25)/t19-/m0/s1. The van der Waals surface area contributed by atoms with E-state index < -0.39 is 6.10 Å². The van der Waals surface area contributed by atoms with E-state index in [4.69, 9.17) is 4.74 Å². The maximum Gasteiger partial charge on any atom is 0.155 e. The number of H-pyrrole nitrogens is 1. The van der Waals surface area contributed by atoms with E-state index in [-0.39, 0.29) is 6.10 Å². The summed E-state index contributed by atoms with van der Waals surface area (Å²) in [5, 5.41) is 18.2. The van der Waals surface area contributed by atoms with E-state index in [1.807, 2.05) is 61.0 Å². The third-order valence-corrected chi connectivity index (χ3v) is 4.59. The molecule has 0 bridgehead atoms. The van der Waals surface area contributed by atoms with E-state index in [9.17, 15) is 5.11 Å². The second-order valence-corrected chi connectivity index (χ2v) is 6.98. The Bertz CT molecular complexity index is 1060. The molecule has 4 aromatic rings. The Balaban J connectivity index is 1.59. The van der Waals surface area contributed by atoms with Gasteiger partial charge in [-0.2, -0.15) is 5.10 Å². The van der Waals surface area contributed by atoms with Crippen molar-refractivity contribution in [2.75, 3.05) is 6.61 Å². The first-order valence-electron chi connectivity index (χ1n) is 9.34. The van der Waals surface area contributed by atoms with Crippen LogP contribution in [-0.2, 0) is 4.74 Å². The van der Waals surface area contributed by atoms with E-state index in [1.54, 1.807) is 6.20 Å². The molecule has 0 radical (unpaired) electrons. The van der Waals surface area contributed by atoms with Crippen LogP contribution in [0.1, 0.15) is 31.9 Å². The van der Waals surface area contributed by atoms with Gasteiger partial charge in [0.2, 0.25) is 0 Å². The number of hydrogen-bond donors (Lipinski definition) is 2. The van der Waals surface area contributed by atoms with Crippen LogP contribution in [0.25, 0.3) is 28.1 Å². The molecule has 0 unspecified atom stereocenters. The van der Waals surface area contributed by atoms with Crippen LogP contribution in [0.2, 0.25) is 0 Å². The van der Waals surface area contributed by atoms with Crippen LogP contribution in [0.3, 0.4) is 0 Å². The molecule has 0 amide bonds. The van der Waals surface area contributed by atoms with Crippen LogP contribution in [0.4, 0.5) is 0 Å². The number of benzene rings is 1. The molecule has 4 rings (SSSR count). The summed E-state index contributed by atoms with van der Waals surface area (Å²) in [6.07, 6.45) is 5.33. The van der Waals surface area contributed by atoms with Gasteiger partial charge >= 0.3 is 0 Å². The maximum absolute atomic E-state index is 10.4. The number of aromatic nitrogens is 5. The Hall–Kier alpha value is -3.03. The van der Waals surface area contributed by atoms with Crippen LogP contribution < -0.4 is 0 Å². The summed E-state index contributed by atoms with van der Waals surface area (Å²) in [5.41, 5.74) is 3.57. The van der Waals surface area contributed by atoms with E-state index in [0.29, 0.717) is 13.0 Å². The van der Waals surface area contributed by atoms with E-state index in [2.05, 4.69) is 20.2 Å². The molecule has 0 aliphatic heterocycles. The molecule has 7 heteroatoms. The van der Waals surface area contributed by atoms with Gasteiger partial charge < -0.3 is 14.4 Å². The van der Waals surface area contributed by atoms with Gasteiger partial charge in [0.05, 0.1) is 12.2 Å². The minimum atomic E-state index is -0.589. The quantitative estimate of drug-likeness (QED) is 0.513. The number of fused-ring (bicyclic) bond motifs is 1. The summed E-state index contributed by atoms with van der Waals surface area (Å²) in [7, 11) is 0. The van der Waals surface area contributed by atoms with Crippen molar-refractivity contribution >= 4 is 11.0 Å². The monoisotopic (exact) mass is 377 g/mol. The van der Waals surface area contributed by atoms with Gasteiger partial charge in [-0.05, 0) is 43.7 Å². The number of nitrogens with zero attached hydrogens (tertiary/aromatic N) is 4. The highest BCUT2D eigenvalue weighted by atomic mass is 16.5. The summed E-state index contributed by atoms with van der Waals surface area (Å²) in [6, 6.07) is 12.0. The lowest BCUT2D eigenvalue weighted by Crippen LogP contribution is -2.08. The summed E-state index contributed by atoms with van der Waals surface area (Å²) in [4.78, 5) is 8.81. The first kappa shape index (κ1) is 18.3. The molecule has 28 heavy (non-hydrogen) atoms. The summed E-state index contributed by atoms with van der Waals surface area (Å²) in [5.74, 6) is 0.722. The Kier molecular flexibility index (Phi) is 5.18. The number of hydrogen-bond acceptors (Lipinski definition) is 5. The van der Waals surface area contributed by atoms with Crippen molar-refractivity contribution in [1.29, 1.82) is 0 Å². The largest absolute Gasteiger partial charge is 0.388 e. The van der Waals surface area contributed by atoms with Crippen molar-refractivity contribution in [2.24, 2.45) is 0 Å². The second-order valence-electron chi connectivity index (χ2n) is 6.98. The molecule has 0 spiro atoms. The molecule has 0 saturated carbocycles. The SMILES string of the molecule is CC(C)OCC[C@H](O)c1cnc2c(ccn2-c2cccc(-c3ncn[nH]3)c2)c1. The zero-order valence-corrected chi connectivity index (χ0v) is 15.9. The predicted octanol–water partition coefficient (Wildman–Crippen LogP) is 3.66. The minimum absolute atomic E-state index is 0.162. The molecule has 3 heterocycles. The Morgan fingerprint density at radius 2 is 2.07 bits per heavy atom. The number of aliphatic hydroxyl groups is 1. The van der Waals surface area contributed by atoms with Gasteiger partial charge in [0.15, 0.2) is 5.82 Å². The molecular weight excluding hydrogens is 354 g/mol. The fourth-order valence-electron chi connectivity index (χ4n) is 3.16. The lowest BCUT2D eigenvalue weighted by atomic mass is 10.1. The van der Waals surface area contributed by atoms with Crippen molar-refractivity contribution in [3.8, 4) is 17.1 Å². The van der Waals surface area contributed by atoms with Crippen LogP contribution in [0.5, 0.6) is 0 Å². The van der Waals surface area contributed by atoms with Crippen molar-refractivity contribution < 1.29 is 9.84 Å². The highest BCUT2D eigenvalue weighted by Gasteiger charge is 2.12. The molecule has 0 fully saturated rings. The molecule has 2 N–H and O–H groups in total. The molecule has 144 valence electrons. The molecular formula is C21H23N5O2. The van der Waals surface area contributed by atoms with Gasteiger partial charge in [-0.1, -0.05) is 12.1 Å². The molecule has 1 atom stereocenters. The molecule has 0 aliphatic carbocycles. The molecule has 1 aromatic carbocycles. The zero-order chi connectivity index (χ0) is 19.5. The van der Waals surface area contributed by atoms with E-state index in [1.165, 1.54) is 6.33 Å². The number of nitrogens with one attached hydrogen (secondary N) is 1. The average molecular weight is 377 g/mol. The summed E-state index contributed by atoms with van der Waals surface area (Å²) in [6.45, 7) is 4.49. The lowest BCUT2D eigenvalue weighted by molar-refractivity contribution is 0.0465. The highest BCUT2D eigenvalue weighted by Crippen LogP contribution is 2.25. The van der Waals surface area contributed by atoms with Crippen LogP contribution in [0, 0.1) is 0 Å². The fourth-order valence-corrected chi connectivity index (χ4v) is 3.16. The summed E-state index contributed by atoms with van der Waals surface area (Å²) >= 11 is 0. The van der Waals surface area contributed by atoms with Crippen LogP contribution in [-0.4, -0.2) is 42.5 Å². The number of aliphatic hydroxyl groups excluding tert-OH is 1. The predicted molar refractivity (Wildman–Crippen MR) is 107 cm³/mol. The first-order valence-corrected chi connectivity index (χ1v) is 9.34. The van der Waals surface area contributed by atoms with Gasteiger partial charge in [0.25, 0.3) is 0 Å². The second kappa shape index (κ2) is 7.92. The van der Waals surface area contributed by atoms with Crippen LogP contribution >= 0.6 is 0 Å². The maximum atomic E-state index is 10.4. The van der Waals surface area contributed by atoms with Crippen molar-refractivity contribution in [3.05, 3.63) is 60.7 Å². The van der Waals surface area contributed by atoms with E-state index in [0.717, 1.165) is 33.7 Å². The topological polar surface area (TPSA) is 88.8 Å². The normalized spacial score (nSPS) is 12.7. The molecule has 0 saturated heterocycles. The van der Waals surface area contributed by atoms with Crippen LogP contribution in [0.15, 0.2) is 55.1 Å². The summed E-state index contributed by atoms with van der Waals surface area (Å²) < 4.78 is 7.55. The first-order chi connectivity index (χ1) is 13.6. The number of ether oxygens (including phenoxy) is 1. The van der Waals surface area contributed by atoms with Crippen molar-refractivity contribution in [2.45, 2.75) is 32.5 Å². The molecule has 7 nitrogen and oxygen atoms in total. The fraction of sp³-hybridized carbons (Fsp3) is 0.286. The third-order valence-electron chi connectivity index (χ3n) is 4.59. The van der Waals surface area contributed by atoms with Gasteiger partial charge in [-0.25, -0.2) is 9.97 Å². The Morgan fingerprint density at radius 3 is 2.86 bits per heavy atom. The number of aromatic amines is 1. The highest BCUT2D eigenvalue weighted by molar-refractivity contribution is 5.79. The van der Waals surface area contributed by atoms with Gasteiger partial charge in [0.1, 0.15) is 12.0 Å². The Morgan fingerprint density at radius 1 is 1.18 bits per heavy atom. The van der Waals surface area contributed by atoms with Gasteiger partial charge in [0, 0.05) is 42.1 Å². The number of rotatable bonds is 7. The molecule has 0 aliphatic rings. The van der Waals surface area contributed by atoms with E-state index >= 15 is 0 Å². The zero-order valence-electron chi connectivity index (χ0n) is 15.9. The minimum Gasteiger partial charge on any atom is -0.388 e. The van der Waals surface area contributed by atoms with Gasteiger partial charge in [-0.15, -0.1) is 0 Å². The smallest absolute Gasteiger partial charge is 0.155 e. The average Bonchev–Trinajstić information content (AvgIpc) is 3.37. The third kappa shape index (κ3) is 3.81. The lowest BCUT2D eigenvalue weighted by Gasteiger charge is -2.13. The number of pyridine rings is 1. The van der Waals surface area contributed by atoms with Crippen molar-refractivity contribution in [3.63, 3.8) is 0 Å². The van der Waals surface area contributed by atoms with Gasteiger partial charge in [-0.3, -0.25) is 5.10 Å². The Labute approximate surface area is 163 Å².